The Labute approximate surface area is 188 Å². The van der Waals surface area contributed by atoms with Crippen LogP contribution in [0.25, 0.3) is 0 Å². The van der Waals surface area contributed by atoms with Crippen molar-refractivity contribution < 1.29 is 19.0 Å². The number of hydrogen-bond acceptors (Lipinski definition) is 5. The zero-order valence-electron chi connectivity index (χ0n) is 18.5. The maximum absolute atomic E-state index is 12.5. The van der Waals surface area contributed by atoms with Crippen molar-refractivity contribution in [3.05, 3.63) is 77.1 Å². The highest BCUT2D eigenvalue weighted by atomic mass is 16.5. The van der Waals surface area contributed by atoms with Gasteiger partial charge in [-0.1, -0.05) is 36.4 Å². The van der Waals surface area contributed by atoms with E-state index in [2.05, 4.69) is 23.6 Å². The molecule has 168 valence electrons. The van der Waals surface area contributed by atoms with Crippen molar-refractivity contribution in [3.63, 3.8) is 0 Å². The van der Waals surface area contributed by atoms with Crippen molar-refractivity contribution in [2.45, 2.75) is 31.9 Å². The molecular formula is C25H29N3O4. The second kappa shape index (κ2) is 10.3. The molecule has 1 N–H and O–H groups in total. The third kappa shape index (κ3) is 5.29. The summed E-state index contributed by atoms with van der Waals surface area (Å²) in [4.78, 5) is 12.5. The number of ether oxygens (including phenoxy) is 3. The Morgan fingerprint density at radius 1 is 1.19 bits per heavy atom. The van der Waals surface area contributed by atoms with Crippen LogP contribution in [-0.4, -0.2) is 43.1 Å². The molecule has 1 aliphatic heterocycles. The number of amides is 1. The van der Waals surface area contributed by atoms with Crippen molar-refractivity contribution in [2.24, 2.45) is 0 Å². The first-order valence-electron chi connectivity index (χ1n) is 10.9. The summed E-state index contributed by atoms with van der Waals surface area (Å²) in [6, 6.07) is 15.9. The van der Waals surface area contributed by atoms with E-state index in [0.29, 0.717) is 26.0 Å². The molecule has 4 rings (SSSR count). The lowest BCUT2D eigenvalue weighted by molar-refractivity contribution is -0.121. The number of carbonyl (C=O) groups is 1. The van der Waals surface area contributed by atoms with Gasteiger partial charge in [0.15, 0.2) is 0 Å². The summed E-state index contributed by atoms with van der Waals surface area (Å²) in [5.74, 6) is 1.43. The molecule has 32 heavy (non-hydrogen) atoms. The Kier molecular flexibility index (Phi) is 7.07. The van der Waals surface area contributed by atoms with Gasteiger partial charge in [0.2, 0.25) is 5.91 Å². The van der Waals surface area contributed by atoms with Crippen LogP contribution in [0.4, 0.5) is 0 Å². The molecule has 0 radical (unpaired) electrons. The molecule has 0 saturated heterocycles. The number of nitrogens with one attached hydrogen (secondary N) is 1. The van der Waals surface area contributed by atoms with Crippen LogP contribution in [0.5, 0.6) is 11.5 Å². The van der Waals surface area contributed by atoms with E-state index < -0.39 is 0 Å². The molecule has 0 aliphatic carbocycles. The molecule has 0 spiro atoms. The minimum atomic E-state index is -0.227. The van der Waals surface area contributed by atoms with E-state index in [1.165, 1.54) is 11.1 Å². The Bertz CT molecular complexity index is 1050. The molecule has 3 aromatic rings. The molecule has 0 unspecified atom stereocenters. The van der Waals surface area contributed by atoms with Gasteiger partial charge >= 0.3 is 0 Å². The topological polar surface area (TPSA) is 74.6 Å². The van der Waals surface area contributed by atoms with Crippen LogP contribution < -0.4 is 14.8 Å². The first-order chi connectivity index (χ1) is 15.7. The van der Waals surface area contributed by atoms with Gasteiger partial charge in [0.1, 0.15) is 17.6 Å². The van der Waals surface area contributed by atoms with Crippen LogP contribution in [0.15, 0.2) is 54.7 Å². The number of aromatic nitrogens is 2. The van der Waals surface area contributed by atoms with E-state index in [-0.39, 0.29) is 12.0 Å². The van der Waals surface area contributed by atoms with Gasteiger partial charge in [0, 0.05) is 25.2 Å². The largest absolute Gasteiger partial charge is 0.497 e. The molecule has 1 amide bonds. The zero-order chi connectivity index (χ0) is 22.3. The Morgan fingerprint density at radius 3 is 2.81 bits per heavy atom. The maximum atomic E-state index is 12.5. The summed E-state index contributed by atoms with van der Waals surface area (Å²) in [5.41, 5.74) is 4.28. The Hall–Kier alpha value is -3.32. The van der Waals surface area contributed by atoms with Crippen LogP contribution in [-0.2, 0) is 28.9 Å². The minimum absolute atomic E-state index is 0.0256. The van der Waals surface area contributed by atoms with E-state index >= 15 is 0 Å². The zero-order valence-corrected chi connectivity index (χ0v) is 18.5. The second-order valence-corrected chi connectivity index (χ2v) is 7.81. The number of fused-ring (bicyclic) bond motifs is 1. The highest BCUT2D eigenvalue weighted by molar-refractivity contribution is 5.76. The lowest BCUT2D eigenvalue weighted by Gasteiger charge is -2.22. The molecule has 0 saturated carbocycles. The lowest BCUT2D eigenvalue weighted by Crippen LogP contribution is -2.32. The van der Waals surface area contributed by atoms with Gasteiger partial charge in [-0.15, -0.1) is 0 Å². The summed E-state index contributed by atoms with van der Waals surface area (Å²) < 4.78 is 18.5. The molecule has 0 fully saturated rings. The predicted molar refractivity (Wildman–Crippen MR) is 121 cm³/mol. The number of nitrogens with zero attached hydrogens (tertiary/aromatic N) is 2. The molecule has 2 aromatic carbocycles. The summed E-state index contributed by atoms with van der Waals surface area (Å²) in [6.45, 7) is 1.76. The van der Waals surface area contributed by atoms with Crippen LogP contribution >= 0.6 is 0 Å². The van der Waals surface area contributed by atoms with Gasteiger partial charge < -0.3 is 19.5 Å². The molecular weight excluding hydrogens is 406 g/mol. The van der Waals surface area contributed by atoms with Crippen LogP contribution in [0.2, 0.25) is 0 Å². The van der Waals surface area contributed by atoms with E-state index in [1.54, 1.807) is 14.2 Å². The highest BCUT2D eigenvalue weighted by Gasteiger charge is 2.25. The normalized spacial score (nSPS) is 15.1. The molecule has 1 atom stereocenters. The van der Waals surface area contributed by atoms with Crippen molar-refractivity contribution in [1.82, 2.24) is 15.1 Å². The summed E-state index contributed by atoms with van der Waals surface area (Å²) >= 11 is 0. The van der Waals surface area contributed by atoms with Gasteiger partial charge in [-0.05, 0) is 35.6 Å². The number of rotatable bonds is 9. The molecule has 1 aromatic heterocycles. The van der Waals surface area contributed by atoms with Gasteiger partial charge in [0.05, 0.1) is 33.1 Å². The Balaban J connectivity index is 1.32. The average molecular weight is 436 g/mol. The summed E-state index contributed by atoms with van der Waals surface area (Å²) in [7, 11) is 3.23. The van der Waals surface area contributed by atoms with Crippen molar-refractivity contribution in [2.75, 3.05) is 27.4 Å². The molecule has 1 aliphatic rings. The first kappa shape index (κ1) is 21.9. The number of aryl methyl sites for hydroxylation is 1. The highest BCUT2D eigenvalue weighted by Crippen LogP contribution is 2.27. The molecule has 7 nitrogen and oxygen atoms in total. The summed E-state index contributed by atoms with van der Waals surface area (Å²) in [6.07, 6.45) is 3.66. The predicted octanol–water partition coefficient (Wildman–Crippen LogP) is 3.31. The maximum Gasteiger partial charge on any atom is 0.220 e. The fourth-order valence-electron chi connectivity index (χ4n) is 3.94. The fourth-order valence-corrected chi connectivity index (χ4v) is 3.94. The molecule has 2 heterocycles. The van der Waals surface area contributed by atoms with Crippen LogP contribution in [0.3, 0.4) is 0 Å². The second-order valence-electron chi connectivity index (χ2n) is 7.81. The standard InChI is InChI=1S/C25H29N3O4/c1-30-21-10-8-19(22(14-21)31-2)9-11-24(29)26-15-23-25-20(12-13-32-23)17-28(27-25)16-18-6-4-3-5-7-18/h3-8,10,14,17,23H,9,11-13,15-16H2,1-2H3,(H,26,29)/t23-/m1/s1. The van der Waals surface area contributed by atoms with Gasteiger partial charge in [-0.3, -0.25) is 9.48 Å². The van der Waals surface area contributed by atoms with E-state index in [0.717, 1.165) is 35.7 Å². The van der Waals surface area contributed by atoms with Crippen LogP contribution in [0, 0.1) is 0 Å². The van der Waals surface area contributed by atoms with E-state index in [1.807, 2.05) is 41.1 Å². The van der Waals surface area contributed by atoms with Crippen LogP contribution in [0.1, 0.15) is 34.9 Å². The third-order valence-electron chi connectivity index (χ3n) is 5.65. The van der Waals surface area contributed by atoms with Gasteiger partial charge in [-0.25, -0.2) is 0 Å². The summed E-state index contributed by atoms with van der Waals surface area (Å²) in [5, 5.41) is 7.75. The number of benzene rings is 2. The Morgan fingerprint density at radius 2 is 2.03 bits per heavy atom. The van der Waals surface area contributed by atoms with Gasteiger partial charge in [-0.2, -0.15) is 5.10 Å². The SMILES string of the molecule is COc1ccc(CCC(=O)NC[C@H]2OCCc3cn(Cc4ccccc4)nc32)c(OC)c1. The van der Waals surface area contributed by atoms with E-state index in [4.69, 9.17) is 19.3 Å². The van der Waals surface area contributed by atoms with Crippen molar-refractivity contribution in [3.8, 4) is 11.5 Å². The quantitative estimate of drug-likeness (QED) is 0.558. The monoisotopic (exact) mass is 435 g/mol. The lowest BCUT2D eigenvalue weighted by atomic mass is 10.1. The number of hydrogen-bond donors (Lipinski definition) is 1. The third-order valence-corrected chi connectivity index (χ3v) is 5.65. The number of carbonyl (C=O) groups excluding carboxylic acids is 1. The smallest absolute Gasteiger partial charge is 0.220 e. The fraction of sp³-hybridized carbons (Fsp3) is 0.360. The van der Waals surface area contributed by atoms with Crippen molar-refractivity contribution >= 4 is 5.91 Å². The molecule has 0 bridgehead atoms. The minimum Gasteiger partial charge on any atom is -0.497 e. The van der Waals surface area contributed by atoms with Gasteiger partial charge in [0.25, 0.3) is 0 Å². The van der Waals surface area contributed by atoms with E-state index in [9.17, 15) is 4.79 Å². The van der Waals surface area contributed by atoms with Crippen molar-refractivity contribution in [1.29, 1.82) is 0 Å². The molecule has 7 heteroatoms. The number of methoxy groups -OCH3 is 2. The average Bonchev–Trinajstić information content (AvgIpc) is 3.24. The first-order valence-corrected chi connectivity index (χ1v) is 10.9.